The number of pyridine rings is 1. The molecule has 1 aromatic heterocycles. The minimum Gasteiger partial charge on any atom is -0.394 e. The standard InChI is InChI=1S/C21H20Cl2N2O3/c1-12(11-26)25-9-8-15-16(21(25)28)4-3-5-19(15)24-20(27)13(2)14-6-7-17(22)18(23)10-14/h3-10,12-13,26H,11H2,1-2H3,(H,24,27)/t12-,13+/m1/s1. The van der Waals surface area contributed by atoms with Crippen LogP contribution < -0.4 is 10.9 Å². The van der Waals surface area contributed by atoms with E-state index in [2.05, 4.69) is 5.32 Å². The number of carbonyl (C=O) groups excluding carboxylic acids is 1. The van der Waals surface area contributed by atoms with Crippen LogP contribution in [0.2, 0.25) is 10.0 Å². The van der Waals surface area contributed by atoms with Gasteiger partial charge in [-0.3, -0.25) is 9.59 Å². The summed E-state index contributed by atoms with van der Waals surface area (Å²) < 4.78 is 1.48. The van der Waals surface area contributed by atoms with Gasteiger partial charge in [0.25, 0.3) is 5.56 Å². The fraction of sp³-hybridized carbons (Fsp3) is 0.238. The summed E-state index contributed by atoms with van der Waals surface area (Å²) in [6.45, 7) is 3.40. The minimum absolute atomic E-state index is 0.136. The van der Waals surface area contributed by atoms with Crippen LogP contribution >= 0.6 is 23.2 Å². The van der Waals surface area contributed by atoms with Crippen molar-refractivity contribution in [3.8, 4) is 0 Å². The Morgan fingerprint density at radius 2 is 1.86 bits per heavy atom. The van der Waals surface area contributed by atoms with E-state index < -0.39 is 5.92 Å². The number of rotatable bonds is 5. The first-order valence-electron chi connectivity index (χ1n) is 8.84. The number of amides is 1. The molecule has 3 rings (SSSR count). The van der Waals surface area contributed by atoms with Crippen LogP contribution in [0.3, 0.4) is 0 Å². The number of anilines is 1. The van der Waals surface area contributed by atoms with Gasteiger partial charge in [0.15, 0.2) is 0 Å². The lowest BCUT2D eigenvalue weighted by molar-refractivity contribution is -0.117. The second-order valence-electron chi connectivity index (χ2n) is 6.71. The highest BCUT2D eigenvalue weighted by Gasteiger charge is 2.18. The molecular weight excluding hydrogens is 399 g/mol. The van der Waals surface area contributed by atoms with Gasteiger partial charge in [-0.2, -0.15) is 0 Å². The summed E-state index contributed by atoms with van der Waals surface area (Å²) in [6.07, 6.45) is 1.63. The third kappa shape index (κ3) is 3.92. The number of nitrogens with zero attached hydrogens (tertiary/aromatic N) is 1. The first-order chi connectivity index (χ1) is 13.3. The molecule has 7 heteroatoms. The molecule has 0 radical (unpaired) electrons. The topological polar surface area (TPSA) is 71.3 Å². The average Bonchev–Trinajstić information content (AvgIpc) is 2.69. The molecule has 0 aliphatic rings. The normalized spacial score (nSPS) is 13.3. The Morgan fingerprint density at radius 3 is 2.54 bits per heavy atom. The zero-order valence-electron chi connectivity index (χ0n) is 15.4. The molecule has 0 spiro atoms. The Bertz CT molecular complexity index is 1090. The lowest BCUT2D eigenvalue weighted by Gasteiger charge is -2.16. The van der Waals surface area contributed by atoms with Gasteiger partial charge in [-0.1, -0.05) is 35.3 Å². The van der Waals surface area contributed by atoms with Crippen LogP contribution in [0.1, 0.15) is 31.4 Å². The van der Waals surface area contributed by atoms with Gasteiger partial charge in [0, 0.05) is 22.7 Å². The number of hydrogen-bond donors (Lipinski definition) is 2. The Balaban J connectivity index is 1.93. The smallest absolute Gasteiger partial charge is 0.258 e. The number of fused-ring (bicyclic) bond motifs is 1. The lowest BCUT2D eigenvalue weighted by atomic mass is 10.00. The summed E-state index contributed by atoms with van der Waals surface area (Å²) >= 11 is 12.0. The number of halogens is 2. The predicted octanol–water partition coefficient (Wildman–Crippen LogP) is 4.60. The highest BCUT2D eigenvalue weighted by molar-refractivity contribution is 6.42. The van der Waals surface area contributed by atoms with Crippen molar-refractivity contribution >= 4 is 45.6 Å². The average molecular weight is 419 g/mol. The molecule has 0 unspecified atom stereocenters. The van der Waals surface area contributed by atoms with Crippen LogP contribution in [-0.4, -0.2) is 22.2 Å². The summed E-state index contributed by atoms with van der Waals surface area (Å²) in [4.78, 5) is 25.5. The van der Waals surface area contributed by atoms with Crippen LogP contribution in [-0.2, 0) is 4.79 Å². The molecule has 0 aliphatic carbocycles. The van der Waals surface area contributed by atoms with Gasteiger partial charge in [-0.25, -0.2) is 0 Å². The molecule has 2 atom stereocenters. The summed E-state index contributed by atoms with van der Waals surface area (Å²) in [7, 11) is 0. The zero-order chi connectivity index (χ0) is 20.4. The Labute approximate surface area is 172 Å². The lowest BCUT2D eigenvalue weighted by Crippen LogP contribution is -2.25. The maximum absolute atomic E-state index is 12.8. The van der Waals surface area contributed by atoms with Gasteiger partial charge in [0.1, 0.15) is 0 Å². The highest BCUT2D eigenvalue weighted by Crippen LogP contribution is 2.28. The SMILES string of the molecule is C[C@H](C(=O)Nc1cccc2c(=O)n([C@H](C)CO)ccc12)c1ccc(Cl)c(Cl)c1. The quantitative estimate of drug-likeness (QED) is 0.635. The number of aromatic nitrogens is 1. The minimum atomic E-state index is -0.459. The number of carbonyl (C=O) groups is 1. The fourth-order valence-corrected chi connectivity index (χ4v) is 3.32. The second-order valence-corrected chi connectivity index (χ2v) is 7.53. The molecular formula is C21H20Cl2N2O3. The molecule has 28 heavy (non-hydrogen) atoms. The second kappa shape index (κ2) is 8.35. The van der Waals surface area contributed by atoms with E-state index >= 15 is 0 Å². The summed E-state index contributed by atoms with van der Waals surface area (Å²) in [5.74, 6) is -0.682. The maximum atomic E-state index is 12.8. The van der Waals surface area contributed by atoms with Gasteiger partial charge in [0.2, 0.25) is 5.91 Å². The number of aliphatic hydroxyl groups excluding tert-OH is 1. The van der Waals surface area contributed by atoms with Gasteiger partial charge in [-0.05, 0) is 49.7 Å². The Hall–Kier alpha value is -2.34. The third-order valence-corrected chi connectivity index (χ3v) is 5.55. The van der Waals surface area contributed by atoms with Crippen molar-refractivity contribution in [1.29, 1.82) is 0 Å². The highest BCUT2D eigenvalue weighted by atomic mass is 35.5. The van der Waals surface area contributed by atoms with E-state index in [1.807, 2.05) is 0 Å². The summed E-state index contributed by atoms with van der Waals surface area (Å²) in [5.41, 5.74) is 1.08. The Kier molecular flexibility index (Phi) is 6.08. The Morgan fingerprint density at radius 1 is 1.11 bits per heavy atom. The monoisotopic (exact) mass is 418 g/mol. The van der Waals surface area contributed by atoms with Crippen LogP contribution in [0.25, 0.3) is 10.8 Å². The van der Waals surface area contributed by atoms with E-state index in [0.29, 0.717) is 26.5 Å². The largest absolute Gasteiger partial charge is 0.394 e. The molecule has 2 aromatic carbocycles. The predicted molar refractivity (Wildman–Crippen MR) is 114 cm³/mol. The molecule has 1 heterocycles. The molecule has 146 valence electrons. The number of nitrogens with one attached hydrogen (secondary N) is 1. The van der Waals surface area contributed by atoms with Gasteiger partial charge < -0.3 is 15.0 Å². The zero-order valence-corrected chi connectivity index (χ0v) is 17.0. The van der Waals surface area contributed by atoms with Crippen LogP contribution in [0.15, 0.2) is 53.5 Å². The van der Waals surface area contributed by atoms with E-state index in [-0.39, 0.29) is 24.1 Å². The summed E-state index contributed by atoms with van der Waals surface area (Å²) in [6, 6.07) is 11.7. The molecule has 0 bridgehead atoms. The van der Waals surface area contributed by atoms with Gasteiger partial charge in [0.05, 0.1) is 28.6 Å². The fourth-order valence-electron chi connectivity index (χ4n) is 3.01. The molecule has 0 fully saturated rings. The molecule has 2 N–H and O–H groups in total. The van der Waals surface area contributed by atoms with E-state index in [1.165, 1.54) is 4.57 Å². The molecule has 0 saturated carbocycles. The van der Waals surface area contributed by atoms with Crippen molar-refractivity contribution in [3.63, 3.8) is 0 Å². The van der Waals surface area contributed by atoms with Crippen molar-refractivity contribution in [1.82, 2.24) is 4.57 Å². The van der Waals surface area contributed by atoms with Crippen LogP contribution in [0, 0.1) is 0 Å². The first kappa shape index (κ1) is 20.4. The van der Waals surface area contributed by atoms with Crippen molar-refractivity contribution in [2.24, 2.45) is 0 Å². The molecule has 1 amide bonds. The van der Waals surface area contributed by atoms with Crippen molar-refractivity contribution in [2.45, 2.75) is 25.8 Å². The van der Waals surface area contributed by atoms with Crippen molar-refractivity contribution < 1.29 is 9.90 Å². The maximum Gasteiger partial charge on any atom is 0.258 e. The molecule has 0 saturated heterocycles. The third-order valence-electron chi connectivity index (χ3n) is 4.81. The van der Waals surface area contributed by atoms with Gasteiger partial charge >= 0.3 is 0 Å². The van der Waals surface area contributed by atoms with Crippen molar-refractivity contribution in [3.05, 3.63) is 74.6 Å². The first-order valence-corrected chi connectivity index (χ1v) is 9.59. The molecule has 5 nitrogen and oxygen atoms in total. The van der Waals surface area contributed by atoms with Crippen LogP contribution in [0.5, 0.6) is 0 Å². The number of hydrogen-bond acceptors (Lipinski definition) is 3. The van der Waals surface area contributed by atoms with Gasteiger partial charge in [-0.15, -0.1) is 0 Å². The van der Waals surface area contributed by atoms with Crippen molar-refractivity contribution in [2.75, 3.05) is 11.9 Å². The summed E-state index contributed by atoms with van der Waals surface area (Å²) in [5, 5.41) is 14.2. The number of aliphatic hydroxyl groups is 1. The van der Waals surface area contributed by atoms with E-state index in [1.54, 1.807) is 62.5 Å². The molecule has 0 aliphatic heterocycles. The van der Waals surface area contributed by atoms with E-state index in [9.17, 15) is 14.7 Å². The van der Waals surface area contributed by atoms with E-state index in [0.717, 1.165) is 5.56 Å². The number of benzene rings is 2. The molecule has 3 aromatic rings. The van der Waals surface area contributed by atoms with E-state index in [4.69, 9.17) is 23.2 Å². The van der Waals surface area contributed by atoms with Crippen LogP contribution in [0.4, 0.5) is 5.69 Å².